The molecule has 1 fully saturated rings. The maximum absolute atomic E-state index is 15.5. The third-order valence-corrected chi connectivity index (χ3v) is 15.6. The molecule has 2 aliphatic rings. The first kappa shape index (κ1) is 49.2. The maximum atomic E-state index is 15.5. The molecule has 354 valence electrons. The monoisotopic (exact) mass is 1110 g/mol. The number of sulfone groups is 1. The molecule has 3 aromatic heterocycles. The topological polar surface area (TPSA) is 149 Å². The molecule has 0 spiro atoms. The zero-order valence-corrected chi connectivity index (χ0v) is 38.9. The molecule has 5 aromatic rings. The number of pyridine rings is 1. The Hall–Kier alpha value is -4.68. The van der Waals surface area contributed by atoms with Crippen LogP contribution in [-0.4, -0.2) is 75.3 Å². The molecule has 3 atom stereocenters. The van der Waals surface area contributed by atoms with Crippen LogP contribution in [0.5, 0.6) is 0 Å². The number of alkyl halides is 9. The van der Waals surface area contributed by atoms with Crippen LogP contribution in [0.25, 0.3) is 22.0 Å². The van der Waals surface area contributed by atoms with Gasteiger partial charge in [0, 0.05) is 34.9 Å². The first-order valence-electron chi connectivity index (χ1n) is 19.2. The van der Waals surface area contributed by atoms with E-state index in [1.54, 1.807) is 22.6 Å². The fourth-order valence-corrected chi connectivity index (χ4v) is 10.7. The Kier molecular flexibility index (Phi) is 12.5. The molecule has 66 heavy (non-hydrogen) atoms. The number of carbonyl (C=O) groups is 1. The van der Waals surface area contributed by atoms with Crippen molar-refractivity contribution in [3.63, 3.8) is 0 Å². The molecule has 2 aromatic carbocycles. The first-order valence-corrected chi connectivity index (χ1v) is 24.8. The van der Waals surface area contributed by atoms with Gasteiger partial charge in [0.2, 0.25) is 15.9 Å². The summed E-state index contributed by atoms with van der Waals surface area (Å²) in [4.78, 5) is 18.6. The lowest BCUT2D eigenvalue weighted by Crippen LogP contribution is -2.35. The van der Waals surface area contributed by atoms with Gasteiger partial charge in [0.1, 0.15) is 40.9 Å². The summed E-state index contributed by atoms with van der Waals surface area (Å²) >= 11 is 8.23. The van der Waals surface area contributed by atoms with Crippen molar-refractivity contribution < 1.29 is 65.5 Å². The molecule has 1 amide bonds. The quantitative estimate of drug-likeness (QED) is 0.0431. The highest BCUT2D eigenvalue weighted by Gasteiger charge is 2.68. The van der Waals surface area contributed by atoms with E-state index in [-0.39, 0.29) is 54.1 Å². The maximum Gasteiger partial charge on any atom is 0.435 e. The summed E-state index contributed by atoms with van der Waals surface area (Å²) in [7, 11) is -8.08. The fraction of sp³-hybridized carbons (Fsp3) is 0.400. The third kappa shape index (κ3) is 9.55. The largest absolute Gasteiger partial charge is 0.435 e. The number of benzene rings is 2. The van der Waals surface area contributed by atoms with Gasteiger partial charge in [-0.1, -0.05) is 46.2 Å². The molecular weight excluding hydrogens is 1070 g/mol. The molecule has 0 unspecified atom stereocenters. The van der Waals surface area contributed by atoms with Crippen molar-refractivity contribution in [2.75, 3.05) is 21.4 Å². The molecule has 0 radical (unpaired) electrons. The molecule has 0 saturated heterocycles. The average molecular weight is 1110 g/mol. The Morgan fingerprint density at radius 2 is 1.62 bits per heavy atom. The Labute approximate surface area is 388 Å². The number of halogens is 12. The molecule has 1 saturated carbocycles. The number of sulfonamides is 1. The number of anilines is 1. The Balaban J connectivity index is 1.47. The second kappa shape index (κ2) is 16.8. The van der Waals surface area contributed by atoms with Gasteiger partial charge in [-0.25, -0.2) is 34.9 Å². The van der Waals surface area contributed by atoms with Crippen molar-refractivity contribution >= 4 is 76.7 Å². The predicted octanol–water partition coefficient (Wildman–Crippen LogP) is 8.45. The van der Waals surface area contributed by atoms with Gasteiger partial charge >= 0.3 is 12.4 Å². The molecule has 26 heteroatoms. The minimum absolute atomic E-state index is 0.187. The van der Waals surface area contributed by atoms with Gasteiger partial charge in [-0.2, -0.15) is 45.3 Å². The molecule has 0 bridgehead atoms. The third-order valence-electron chi connectivity index (χ3n) is 11.1. The van der Waals surface area contributed by atoms with Crippen molar-refractivity contribution in [1.82, 2.24) is 29.9 Å². The van der Waals surface area contributed by atoms with Crippen LogP contribution in [0.3, 0.4) is 0 Å². The van der Waals surface area contributed by atoms with Crippen LogP contribution in [0.1, 0.15) is 66.1 Å². The van der Waals surface area contributed by atoms with Gasteiger partial charge < -0.3 is 5.32 Å². The second-order valence-corrected chi connectivity index (χ2v) is 21.8. The number of nitrogens with one attached hydrogen (secondary N) is 1. The standard InChI is InChI=1S/C40H33ClF10IN7O5S2/c1-37(2,65(3,61)62)10-9-22-5-6-23(24-7-8-27(41)31-33(24)58(17-38(44,45)46)56-36(31)59(18-52)66(4,63)64)32(53-22)28(13-19-11-20(42)14-21(43)12-19)54-29(60)16-57-35-30(34(55-57)40(49,50)51)25-15-26(25)39(35,47)48/h5-8,11-12,14,25-26,28H,13,15-18H2,1-4H3,(H,54,60)/t25-,26+,28-/m0/s1. The van der Waals surface area contributed by atoms with Crippen molar-refractivity contribution in [3.8, 4) is 23.0 Å². The van der Waals surface area contributed by atoms with Crippen LogP contribution in [0.15, 0.2) is 42.5 Å². The van der Waals surface area contributed by atoms with E-state index in [0.717, 1.165) is 24.6 Å². The van der Waals surface area contributed by atoms with Gasteiger partial charge in [0.25, 0.3) is 5.92 Å². The summed E-state index contributed by atoms with van der Waals surface area (Å²) in [5.74, 6) is -5.28. The van der Waals surface area contributed by atoms with E-state index in [0.29, 0.717) is 15.1 Å². The van der Waals surface area contributed by atoms with Crippen LogP contribution in [0.2, 0.25) is 5.02 Å². The van der Waals surface area contributed by atoms with E-state index < -0.39 is 126 Å². The lowest BCUT2D eigenvalue weighted by Gasteiger charge is -2.23. The van der Waals surface area contributed by atoms with Gasteiger partial charge in [0.05, 0.1) is 38.5 Å². The van der Waals surface area contributed by atoms with E-state index in [1.165, 1.54) is 38.1 Å². The summed E-state index contributed by atoms with van der Waals surface area (Å²) in [6.45, 7) is -0.529. The smallest absolute Gasteiger partial charge is 0.346 e. The fourth-order valence-electron chi connectivity index (χ4n) is 7.73. The van der Waals surface area contributed by atoms with Crippen LogP contribution < -0.4 is 9.62 Å². The van der Waals surface area contributed by atoms with Crippen LogP contribution in [0, 0.1) is 29.4 Å². The normalized spacial score (nSPS) is 17.5. The zero-order chi connectivity index (χ0) is 48.9. The summed E-state index contributed by atoms with van der Waals surface area (Å²) in [5.41, 5.74) is -5.10. The first-order chi connectivity index (χ1) is 30.3. The number of aromatic nitrogens is 5. The number of carbonyl (C=O) groups excluding carboxylic acids is 1. The molecule has 12 nitrogen and oxygen atoms in total. The predicted molar refractivity (Wildman–Crippen MR) is 229 cm³/mol. The van der Waals surface area contributed by atoms with E-state index >= 15 is 8.78 Å². The van der Waals surface area contributed by atoms with Crippen LogP contribution in [-0.2, 0) is 56.3 Å². The molecular formula is C40H33ClF10IN7O5S2. The van der Waals surface area contributed by atoms with Crippen molar-refractivity contribution in [1.29, 1.82) is 0 Å². The number of rotatable bonds is 12. The van der Waals surface area contributed by atoms with E-state index in [2.05, 4.69) is 32.3 Å². The molecule has 0 aliphatic heterocycles. The second-order valence-electron chi connectivity index (χ2n) is 16.2. The molecule has 7 rings (SSSR count). The van der Waals surface area contributed by atoms with E-state index in [4.69, 9.17) is 11.6 Å². The summed E-state index contributed by atoms with van der Waals surface area (Å²) in [6, 6.07) is 5.34. The highest BCUT2D eigenvalue weighted by molar-refractivity contribution is 14.1. The highest BCUT2D eigenvalue weighted by Crippen LogP contribution is 2.68. The summed E-state index contributed by atoms with van der Waals surface area (Å²) in [5, 5.41) is 9.30. The number of nitrogens with zero attached hydrogens (tertiary/aromatic N) is 6. The van der Waals surface area contributed by atoms with Gasteiger partial charge in [0.15, 0.2) is 21.3 Å². The number of hydrogen-bond acceptors (Lipinski definition) is 8. The van der Waals surface area contributed by atoms with Gasteiger partial charge in [-0.3, -0.25) is 14.2 Å². The molecule has 3 heterocycles. The van der Waals surface area contributed by atoms with Crippen molar-refractivity contribution in [2.45, 2.75) is 74.8 Å². The Morgan fingerprint density at radius 1 is 0.985 bits per heavy atom. The molecule has 1 N–H and O–H groups in total. The van der Waals surface area contributed by atoms with Gasteiger partial charge in [-0.05, 0) is 74.4 Å². The Morgan fingerprint density at radius 3 is 2.20 bits per heavy atom. The van der Waals surface area contributed by atoms with Crippen LogP contribution >= 0.6 is 34.2 Å². The number of fused-ring (bicyclic) bond motifs is 4. The Bertz CT molecular complexity index is 3090. The summed E-state index contributed by atoms with van der Waals surface area (Å²) < 4.78 is 196. The SMILES string of the molecule is CC(C)(C#Cc1ccc(-c2ccc(Cl)c3c(N(CI)S(C)(=O)=O)nn(CC(F)(F)F)c23)c([C@H](Cc2cc(F)cc(F)c2)NC(=O)Cn2nc(C(F)(F)F)c3c2C(F)(F)[C@@H]2C[C@H]32)n1)S(C)(=O)=O. The van der Waals surface area contributed by atoms with Gasteiger partial charge in [-0.15, -0.1) is 0 Å². The van der Waals surface area contributed by atoms with Crippen LogP contribution in [0.4, 0.5) is 49.7 Å². The minimum Gasteiger partial charge on any atom is -0.346 e. The summed E-state index contributed by atoms with van der Waals surface area (Å²) in [6.07, 6.45) is -9.37. The highest BCUT2D eigenvalue weighted by atomic mass is 127. The van der Waals surface area contributed by atoms with E-state index in [9.17, 15) is 56.8 Å². The number of hydrogen-bond donors (Lipinski definition) is 1. The van der Waals surface area contributed by atoms with Crippen molar-refractivity contribution in [2.24, 2.45) is 5.92 Å². The zero-order valence-electron chi connectivity index (χ0n) is 34.4. The minimum atomic E-state index is -5.19. The lowest BCUT2D eigenvalue weighted by molar-refractivity contribution is -0.143. The number of amides is 1. The van der Waals surface area contributed by atoms with E-state index in [1.807, 2.05) is 0 Å². The molecule has 2 aliphatic carbocycles. The average Bonchev–Trinajstić information content (AvgIpc) is 3.68. The lowest BCUT2D eigenvalue weighted by atomic mass is 9.93. The van der Waals surface area contributed by atoms with Crippen molar-refractivity contribution in [3.05, 3.63) is 93.0 Å².